The van der Waals surface area contributed by atoms with E-state index in [0.29, 0.717) is 32.5 Å². The lowest BCUT2D eigenvalue weighted by Crippen LogP contribution is -2.43. The average Bonchev–Trinajstić information content (AvgIpc) is 3.32. The summed E-state index contributed by atoms with van der Waals surface area (Å²) in [4.78, 5) is 25.8. The number of amides is 1. The molecule has 26 heavy (non-hydrogen) atoms. The van der Waals surface area contributed by atoms with Crippen LogP contribution in [0, 0.1) is 0 Å². The van der Waals surface area contributed by atoms with Crippen molar-refractivity contribution in [1.82, 2.24) is 4.90 Å². The predicted octanol–water partition coefficient (Wildman–Crippen LogP) is 1.83. The standard InChI is InChI=1S/C19H25NO6/c1-24-14-5-2-4-13(10-14)11-20(12-15-6-3-9-25-15)18(21)16-7-8-17(26-16)19(22)23/h2,4-5,10,15-17H,3,6-9,11-12H2,1H3,(H,22,23)/t15?,16-,17+/m0/s1. The molecule has 0 aliphatic carbocycles. The summed E-state index contributed by atoms with van der Waals surface area (Å²) in [6.07, 6.45) is 1.11. The van der Waals surface area contributed by atoms with Gasteiger partial charge in [0.1, 0.15) is 11.9 Å². The van der Waals surface area contributed by atoms with Crippen molar-refractivity contribution < 1.29 is 28.9 Å². The van der Waals surface area contributed by atoms with Crippen LogP contribution in [0.15, 0.2) is 24.3 Å². The number of benzene rings is 1. The molecule has 0 spiro atoms. The first-order valence-electron chi connectivity index (χ1n) is 8.98. The monoisotopic (exact) mass is 363 g/mol. The summed E-state index contributed by atoms with van der Waals surface area (Å²) in [5.74, 6) is -0.457. The summed E-state index contributed by atoms with van der Waals surface area (Å²) in [5.41, 5.74) is 0.948. The van der Waals surface area contributed by atoms with Gasteiger partial charge < -0.3 is 24.2 Å². The van der Waals surface area contributed by atoms with E-state index in [2.05, 4.69) is 0 Å². The van der Waals surface area contributed by atoms with Gasteiger partial charge in [-0.05, 0) is 43.4 Å². The van der Waals surface area contributed by atoms with Gasteiger partial charge in [0.05, 0.1) is 13.2 Å². The Morgan fingerprint density at radius 3 is 2.73 bits per heavy atom. The molecule has 1 aromatic carbocycles. The number of aliphatic carboxylic acids is 1. The maximum atomic E-state index is 13.0. The Bertz CT molecular complexity index is 643. The zero-order chi connectivity index (χ0) is 18.5. The number of ether oxygens (including phenoxy) is 3. The highest BCUT2D eigenvalue weighted by Crippen LogP contribution is 2.24. The molecule has 1 aromatic rings. The van der Waals surface area contributed by atoms with Gasteiger partial charge in [0, 0.05) is 19.7 Å². The number of nitrogens with zero attached hydrogens (tertiary/aromatic N) is 1. The maximum Gasteiger partial charge on any atom is 0.332 e. The first-order chi connectivity index (χ1) is 12.6. The molecule has 1 N–H and O–H groups in total. The second kappa shape index (κ2) is 8.51. The van der Waals surface area contributed by atoms with Gasteiger partial charge in [-0.1, -0.05) is 12.1 Å². The summed E-state index contributed by atoms with van der Waals surface area (Å²) in [5, 5.41) is 9.09. The van der Waals surface area contributed by atoms with E-state index in [1.54, 1.807) is 12.0 Å². The second-order valence-electron chi connectivity index (χ2n) is 6.73. The van der Waals surface area contributed by atoms with Gasteiger partial charge in [0.15, 0.2) is 6.10 Å². The van der Waals surface area contributed by atoms with Crippen LogP contribution in [0.4, 0.5) is 0 Å². The minimum atomic E-state index is -1.02. The average molecular weight is 363 g/mol. The van der Waals surface area contributed by atoms with Crippen LogP contribution in [0.5, 0.6) is 5.75 Å². The van der Waals surface area contributed by atoms with E-state index in [4.69, 9.17) is 19.3 Å². The second-order valence-corrected chi connectivity index (χ2v) is 6.73. The lowest BCUT2D eigenvalue weighted by Gasteiger charge is -2.28. The predicted molar refractivity (Wildman–Crippen MR) is 92.9 cm³/mol. The first-order valence-corrected chi connectivity index (χ1v) is 8.98. The fourth-order valence-corrected chi connectivity index (χ4v) is 3.46. The van der Waals surface area contributed by atoms with Crippen LogP contribution in [0.3, 0.4) is 0 Å². The largest absolute Gasteiger partial charge is 0.497 e. The van der Waals surface area contributed by atoms with E-state index in [1.165, 1.54) is 0 Å². The number of methoxy groups -OCH3 is 1. The summed E-state index contributed by atoms with van der Waals surface area (Å²) in [7, 11) is 1.60. The molecule has 7 heteroatoms. The number of carboxylic acids is 1. The molecule has 2 aliphatic rings. The normalized spacial score (nSPS) is 25.2. The zero-order valence-corrected chi connectivity index (χ0v) is 14.9. The van der Waals surface area contributed by atoms with Gasteiger partial charge in [-0.3, -0.25) is 4.79 Å². The molecule has 2 aliphatic heterocycles. The molecule has 0 bridgehead atoms. The highest BCUT2D eigenvalue weighted by Gasteiger charge is 2.37. The fourth-order valence-electron chi connectivity index (χ4n) is 3.46. The molecule has 2 fully saturated rings. The van der Waals surface area contributed by atoms with Crippen molar-refractivity contribution in [3.8, 4) is 5.75 Å². The Morgan fingerprint density at radius 2 is 2.08 bits per heavy atom. The van der Waals surface area contributed by atoms with Gasteiger partial charge in [-0.25, -0.2) is 4.79 Å². The molecule has 3 atom stereocenters. The van der Waals surface area contributed by atoms with E-state index >= 15 is 0 Å². The number of carbonyl (C=O) groups excluding carboxylic acids is 1. The summed E-state index contributed by atoms with van der Waals surface area (Å²) in [6.45, 7) is 1.61. The van der Waals surface area contributed by atoms with E-state index in [0.717, 1.165) is 24.2 Å². The van der Waals surface area contributed by atoms with Crippen molar-refractivity contribution >= 4 is 11.9 Å². The highest BCUT2D eigenvalue weighted by molar-refractivity contribution is 5.82. The van der Waals surface area contributed by atoms with Crippen molar-refractivity contribution in [2.75, 3.05) is 20.3 Å². The van der Waals surface area contributed by atoms with Crippen LogP contribution in [0.1, 0.15) is 31.2 Å². The number of carboxylic acid groups (broad SMARTS) is 1. The van der Waals surface area contributed by atoms with Gasteiger partial charge in [-0.2, -0.15) is 0 Å². The van der Waals surface area contributed by atoms with Crippen molar-refractivity contribution in [2.24, 2.45) is 0 Å². The Balaban J connectivity index is 1.71. The third-order valence-electron chi connectivity index (χ3n) is 4.84. The molecule has 2 saturated heterocycles. The number of rotatable bonds is 7. The molecule has 0 radical (unpaired) electrons. The maximum absolute atomic E-state index is 13.0. The van der Waals surface area contributed by atoms with Crippen molar-refractivity contribution in [2.45, 2.75) is 50.5 Å². The Labute approximate surface area is 152 Å². The third kappa shape index (κ3) is 4.53. The molecular weight excluding hydrogens is 338 g/mol. The molecular formula is C19H25NO6. The number of carbonyl (C=O) groups is 2. The number of hydrogen-bond donors (Lipinski definition) is 1. The van der Waals surface area contributed by atoms with Crippen LogP contribution < -0.4 is 4.74 Å². The van der Waals surface area contributed by atoms with Crippen molar-refractivity contribution in [1.29, 1.82) is 0 Å². The zero-order valence-electron chi connectivity index (χ0n) is 14.9. The molecule has 7 nitrogen and oxygen atoms in total. The van der Waals surface area contributed by atoms with Crippen LogP contribution >= 0.6 is 0 Å². The van der Waals surface area contributed by atoms with Crippen molar-refractivity contribution in [3.05, 3.63) is 29.8 Å². The van der Waals surface area contributed by atoms with E-state index < -0.39 is 18.2 Å². The molecule has 0 aromatic heterocycles. The number of hydrogen-bond acceptors (Lipinski definition) is 5. The van der Waals surface area contributed by atoms with E-state index in [9.17, 15) is 9.59 Å². The Hall–Kier alpha value is -2.12. The van der Waals surface area contributed by atoms with E-state index in [-0.39, 0.29) is 12.0 Å². The quantitative estimate of drug-likeness (QED) is 0.796. The highest BCUT2D eigenvalue weighted by atomic mass is 16.5. The summed E-state index contributed by atoms with van der Waals surface area (Å²) in [6, 6.07) is 7.57. The molecule has 1 unspecified atom stereocenters. The Kier molecular flexibility index (Phi) is 6.11. The van der Waals surface area contributed by atoms with Gasteiger partial charge >= 0.3 is 5.97 Å². The SMILES string of the molecule is COc1cccc(CN(CC2CCCO2)C(=O)[C@@H]2CC[C@H](C(=O)O)O2)c1. The van der Waals surface area contributed by atoms with Crippen molar-refractivity contribution in [3.63, 3.8) is 0 Å². The van der Waals surface area contributed by atoms with Gasteiger partial charge in [0.25, 0.3) is 5.91 Å². The topological polar surface area (TPSA) is 85.3 Å². The first kappa shape index (κ1) is 18.7. The summed E-state index contributed by atoms with van der Waals surface area (Å²) >= 11 is 0. The van der Waals surface area contributed by atoms with Crippen LogP contribution in [0.2, 0.25) is 0 Å². The van der Waals surface area contributed by atoms with Crippen LogP contribution in [0.25, 0.3) is 0 Å². The Morgan fingerprint density at radius 1 is 1.27 bits per heavy atom. The smallest absolute Gasteiger partial charge is 0.332 e. The lowest BCUT2D eigenvalue weighted by molar-refractivity contribution is -0.155. The molecule has 3 rings (SSSR count). The minimum Gasteiger partial charge on any atom is -0.497 e. The van der Waals surface area contributed by atoms with Gasteiger partial charge in [-0.15, -0.1) is 0 Å². The lowest BCUT2D eigenvalue weighted by atomic mass is 10.1. The van der Waals surface area contributed by atoms with Crippen LogP contribution in [-0.2, 0) is 25.6 Å². The third-order valence-corrected chi connectivity index (χ3v) is 4.84. The minimum absolute atomic E-state index is 0.0150. The van der Waals surface area contributed by atoms with Crippen LogP contribution in [-0.4, -0.2) is 60.5 Å². The molecule has 0 saturated carbocycles. The molecule has 1 amide bonds. The molecule has 2 heterocycles. The summed E-state index contributed by atoms with van der Waals surface area (Å²) < 4.78 is 16.4. The fraction of sp³-hybridized carbons (Fsp3) is 0.579. The molecule has 142 valence electrons. The van der Waals surface area contributed by atoms with Gasteiger partial charge in [0.2, 0.25) is 0 Å². The van der Waals surface area contributed by atoms with E-state index in [1.807, 2.05) is 24.3 Å².